The zero-order valence-electron chi connectivity index (χ0n) is 22.4. The Kier molecular flexibility index (Phi) is 7.27. The largest absolute Gasteiger partial charge is 0.490 e. The second-order valence-electron chi connectivity index (χ2n) is 9.65. The normalized spacial score (nSPS) is 17.8. The van der Waals surface area contributed by atoms with Crippen LogP contribution < -0.4 is 24.4 Å². The highest BCUT2D eigenvalue weighted by Gasteiger charge is 2.42. The van der Waals surface area contributed by atoms with Gasteiger partial charge >= 0.3 is 0 Å². The van der Waals surface area contributed by atoms with Crippen LogP contribution in [0.3, 0.4) is 0 Å². The fourth-order valence-corrected chi connectivity index (χ4v) is 6.02. The topological polar surface area (TPSA) is 70.0 Å². The van der Waals surface area contributed by atoms with Crippen LogP contribution in [0.15, 0.2) is 66.9 Å². The van der Waals surface area contributed by atoms with Gasteiger partial charge in [0.1, 0.15) is 12.4 Å². The van der Waals surface area contributed by atoms with Gasteiger partial charge in [0, 0.05) is 42.1 Å². The molecule has 2 aliphatic heterocycles. The van der Waals surface area contributed by atoms with Gasteiger partial charge in [0.15, 0.2) is 16.6 Å². The maximum Gasteiger partial charge on any atom is 0.231 e. The molecule has 0 unspecified atom stereocenters. The average molecular weight is 577 g/mol. The summed E-state index contributed by atoms with van der Waals surface area (Å²) in [6, 6.07) is 19.5. The van der Waals surface area contributed by atoms with Gasteiger partial charge in [0.2, 0.25) is 6.79 Å². The Hall–Kier alpha value is -3.79. The minimum atomic E-state index is -0.187. The van der Waals surface area contributed by atoms with Crippen LogP contribution in [0.5, 0.6) is 17.2 Å². The quantitative estimate of drug-likeness (QED) is 0.200. The Bertz CT molecular complexity index is 1560. The van der Waals surface area contributed by atoms with Crippen molar-refractivity contribution >= 4 is 34.6 Å². The lowest BCUT2D eigenvalue weighted by molar-refractivity contribution is 0.146. The molecule has 6 rings (SSSR count). The summed E-state index contributed by atoms with van der Waals surface area (Å²) in [4.78, 5) is 6.80. The van der Waals surface area contributed by atoms with E-state index in [-0.39, 0.29) is 18.9 Å². The average Bonchev–Trinajstić information content (AvgIpc) is 3.64. The van der Waals surface area contributed by atoms with E-state index in [0.29, 0.717) is 29.1 Å². The summed E-state index contributed by atoms with van der Waals surface area (Å²) < 4.78 is 24.3. The lowest BCUT2D eigenvalue weighted by Crippen LogP contribution is -2.29. The number of ether oxygens (including phenoxy) is 4. The monoisotopic (exact) mass is 576 g/mol. The van der Waals surface area contributed by atoms with Crippen molar-refractivity contribution in [1.82, 2.24) is 14.9 Å². The molecule has 1 saturated heterocycles. The van der Waals surface area contributed by atoms with Crippen molar-refractivity contribution in [2.24, 2.45) is 0 Å². The van der Waals surface area contributed by atoms with Crippen LogP contribution in [0, 0.1) is 13.8 Å². The Morgan fingerprint density at radius 3 is 2.62 bits per heavy atom. The second-order valence-corrected chi connectivity index (χ2v) is 10.4. The number of thiocarbonyl (C=S) groups is 1. The smallest absolute Gasteiger partial charge is 0.231 e. The number of halogens is 1. The fraction of sp³-hybridized carbons (Fsp3) is 0.267. The number of fused-ring (bicyclic) bond motifs is 1. The third-order valence-electron chi connectivity index (χ3n) is 7.24. The van der Waals surface area contributed by atoms with Gasteiger partial charge in [-0.15, -0.1) is 0 Å². The first kappa shape index (κ1) is 26.4. The molecule has 2 aromatic heterocycles. The van der Waals surface area contributed by atoms with E-state index in [1.807, 2.05) is 54.6 Å². The third kappa shape index (κ3) is 4.74. The molecule has 2 aromatic carbocycles. The molecular weight excluding hydrogens is 548 g/mol. The lowest BCUT2D eigenvalue weighted by atomic mass is 9.96. The molecule has 8 nitrogen and oxygen atoms in total. The molecule has 4 aromatic rings. The first-order valence-corrected chi connectivity index (χ1v) is 13.8. The number of hydrogen-bond donors (Lipinski definition) is 1. The highest BCUT2D eigenvalue weighted by atomic mass is 35.5. The van der Waals surface area contributed by atoms with Gasteiger partial charge in [-0.25, -0.2) is 0 Å². The van der Waals surface area contributed by atoms with Gasteiger partial charge in [-0.1, -0.05) is 17.7 Å². The SMILES string of the molecule is COCCOc1ccc(N2C(=S)N[C@@H](c3ccccn3)[C@@H]2c2cc(C)n(-c3ccc4c(c3)OCO4)c2C)cc1Cl. The van der Waals surface area contributed by atoms with Crippen molar-refractivity contribution in [2.45, 2.75) is 25.9 Å². The van der Waals surface area contributed by atoms with Gasteiger partial charge in [0.05, 0.1) is 29.4 Å². The number of nitrogens with one attached hydrogen (secondary N) is 1. The van der Waals surface area contributed by atoms with Crippen LogP contribution in [-0.4, -0.2) is 41.8 Å². The zero-order chi connectivity index (χ0) is 27.8. The summed E-state index contributed by atoms with van der Waals surface area (Å²) in [5.74, 6) is 2.09. The van der Waals surface area contributed by atoms with Crippen LogP contribution in [0.1, 0.15) is 34.7 Å². The molecule has 0 spiro atoms. The van der Waals surface area contributed by atoms with Crippen LogP contribution >= 0.6 is 23.8 Å². The number of aromatic nitrogens is 2. The Labute approximate surface area is 243 Å². The Morgan fingerprint density at radius 1 is 1.02 bits per heavy atom. The van der Waals surface area contributed by atoms with Gasteiger partial charge in [-0.05, 0) is 80.2 Å². The molecular formula is C30H29ClN4O4S. The van der Waals surface area contributed by atoms with Crippen molar-refractivity contribution in [2.75, 3.05) is 32.0 Å². The summed E-state index contributed by atoms with van der Waals surface area (Å²) in [5.41, 5.74) is 6.05. The van der Waals surface area contributed by atoms with Crippen LogP contribution in [-0.2, 0) is 4.74 Å². The zero-order valence-corrected chi connectivity index (χ0v) is 24.0. The summed E-state index contributed by atoms with van der Waals surface area (Å²) in [5, 5.41) is 4.63. The molecule has 0 bridgehead atoms. The van der Waals surface area contributed by atoms with Gasteiger partial charge in [0.25, 0.3) is 0 Å². The molecule has 206 valence electrons. The molecule has 2 aliphatic rings. The van der Waals surface area contributed by atoms with Crippen molar-refractivity contribution in [3.8, 4) is 22.9 Å². The summed E-state index contributed by atoms with van der Waals surface area (Å²) in [6.07, 6.45) is 1.80. The van der Waals surface area contributed by atoms with Crippen molar-refractivity contribution in [1.29, 1.82) is 0 Å². The molecule has 0 saturated carbocycles. The van der Waals surface area contributed by atoms with Crippen LogP contribution in [0.2, 0.25) is 5.02 Å². The molecule has 0 amide bonds. The maximum absolute atomic E-state index is 6.67. The summed E-state index contributed by atoms with van der Waals surface area (Å²) >= 11 is 12.6. The molecule has 1 fully saturated rings. The molecule has 2 atom stereocenters. The fourth-order valence-electron chi connectivity index (χ4n) is 5.45. The predicted octanol–water partition coefficient (Wildman–Crippen LogP) is 6.07. The molecule has 1 N–H and O–H groups in total. The number of aryl methyl sites for hydroxylation is 1. The molecule has 0 radical (unpaired) electrons. The maximum atomic E-state index is 6.67. The molecule has 10 heteroatoms. The second kappa shape index (κ2) is 11.0. The Balaban J connectivity index is 1.43. The van der Waals surface area contributed by atoms with E-state index in [1.54, 1.807) is 13.3 Å². The van der Waals surface area contributed by atoms with E-state index < -0.39 is 0 Å². The molecule has 0 aliphatic carbocycles. The van der Waals surface area contributed by atoms with E-state index in [4.69, 9.17) is 42.8 Å². The van der Waals surface area contributed by atoms with Crippen LogP contribution in [0.25, 0.3) is 5.69 Å². The number of pyridine rings is 1. The first-order chi connectivity index (χ1) is 19.5. The predicted molar refractivity (Wildman–Crippen MR) is 158 cm³/mol. The van der Waals surface area contributed by atoms with E-state index in [1.165, 1.54) is 0 Å². The van der Waals surface area contributed by atoms with Crippen LogP contribution in [0.4, 0.5) is 5.69 Å². The Morgan fingerprint density at radius 2 is 1.85 bits per heavy atom. The van der Waals surface area contributed by atoms with E-state index in [9.17, 15) is 0 Å². The summed E-state index contributed by atoms with van der Waals surface area (Å²) in [7, 11) is 1.64. The number of hydrogen-bond acceptors (Lipinski definition) is 6. The van der Waals surface area contributed by atoms with E-state index >= 15 is 0 Å². The lowest BCUT2D eigenvalue weighted by Gasteiger charge is -2.28. The highest BCUT2D eigenvalue weighted by Crippen LogP contribution is 2.45. The molecule has 4 heterocycles. The minimum absolute atomic E-state index is 0.184. The number of methoxy groups -OCH3 is 1. The van der Waals surface area contributed by atoms with E-state index in [0.717, 1.165) is 45.5 Å². The van der Waals surface area contributed by atoms with Gasteiger partial charge in [-0.2, -0.15) is 0 Å². The number of nitrogens with zero attached hydrogens (tertiary/aromatic N) is 3. The number of benzene rings is 2. The van der Waals surface area contributed by atoms with Crippen molar-refractivity contribution in [3.63, 3.8) is 0 Å². The molecule has 40 heavy (non-hydrogen) atoms. The first-order valence-electron chi connectivity index (χ1n) is 13.0. The van der Waals surface area contributed by atoms with Gasteiger partial charge < -0.3 is 33.7 Å². The number of anilines is 1. The minimum Gasteiger partial charge on any atom is -0.490 e. The van der Waals surface area contributed by atoms with E-state index in [2.05, 4.69) is 39.7 Å². The number of rotatable bonds is 8. The van der Waals surface area contributed by atoms with Gasteiger partial charge in [-0.3, -0.25) is 4.98 Å². The summed E-state index contributed by atoms with van der Waals surface area (Å²) in [6.45, 7) is 5.35. The van der Waals surface area contributed by atoms with Crippen molar-refractivity contribution in [3.05, 3.63) is 94.5 Å². The van der Waals surface area contributed by atoms with Crippen molar-refractivity contribution < 1.29 is 18.9 Å². The standard InChI is InChI=1S/C30H29ClN4O4S/c1-18-14-22(19(2)34(18)21-8-10-26-27(16-21)39-17-38-26)29-28(24-6-4-5-11-32-24)33-30(40)35(29)20-7-9-25(23(31)15-20)37-13-12-36-3/h4-11,14-16,28-29H,12-13,17H2,1-3H3,(H,33,40)/t28-,29-/m0/s1. The highest BCUT2D eigenvalue weighted by molar-refractivity contribution is 7.80. The third-order valence-corrected chi connectivity index (χ3v) is 7.85.